The molecule has 0 aromatic carbocycles. The number of rotatable bonds is 9. The summed E-state index contributed by atoms with van der Waals surface area (Å²) in [5.74, 6) is -2.69. The van der Waals surface area contributed by atoms with Gasteiger partial charge in [-0.15, -0.1) is 0 Å². The van der Waals surface area contributed by atoms with Crippen LogP contribution in [-0.4, -0.2) is 52.1 Å². The molecule has 0 aliphatic rings. The van der Waals surface area contributed by atoms with E-state index in [0.717, 1.165) is 0 Å². The van der Waals surface area contributed by atoms with Gasteiger partial charge in [-0.2, -0.15) is 4.89 Å². The molecule has 4 atom stereocenters. The second kappa shape index (κ2) is 9.38. The third kappa shape index (κ3) is 7.69. The van der Waals surface area contributed by atoms with Gasteiger partial charge in [-0.3, -0.25) is 9.59 Å². The van der Waals surface area contributed by atoms with E-state index >= 15 is 0 Å². The van der Waals surface area contributed by atoms with E-state index in [4.69, 9.17) is 15.7 Å². The largest absolute Gasteiger partial charge is 0.508 e. The minimum atomic E-state index is -2.71. The number of aliphatic carboxylic acids is 1. The molecule has 0 spiro atoms. The van der Waals surface area contributed by atoms with Crippen molar-refractivity contribution in [3.8, 4) is 0 Å². The van der Waals surface area contributed by atoms with Crippen LogP contribution in [0.2, 0.25) is 0 Å². The highest BCUT2D eigenvalue weighted by Gasteiger charge is 2.32. The molecular weight excluding hydrogens is 301 g/mol. The summed E-state index contributed by atoms with van der Waals surface area (Å²) in [6.07, 6.45) is 0.266. The smallest absolute Gasteiger partial charge is 0.480 e. The number of nitrogens with one attached hydrogen (secondary N) is 2. The Kier molecular flexibility index (Phi) is 8.68. The van der Waals surface area contributed by atoms with Crippen LogP contribution in [0.4, 0.5) is 0 Å². The summed E-state index contributed by atoms with van der Waals surface area (Å²) in [5.41, 5.74) is 5.39. The lowest BCUT2D eigenvalue weighted by molar-refractivity contribution is -0.141. The van der Waals surface area contributed by atoms with Gasteiger partial charge in [-0.1, -0.05) is 13.3 Å². The van der Waals surface area contributed by atoms with Gasteiger partial charge < -0.3 is 21.5 Å². The Labute approximate surface area is 123 Å². The van der Waals surface area contributed by atoms with E-state index in [9.17, 15) is 18.9 Å². The van der Waals surface area contributed by atoms with E-state index in [1.165, 1.54) is 6.92 Å². The summed E-state index contributed by atoms with van der Waals surface area (Å²) < 4.78 is 10.7. The zero-order chi connectivity index (χ0) is 16.6. The van der Waals surface area contributed by atoms with E-state index < -0.39 is 50.1 Å². The van der Waals surface area contributed by atoms with E-state index in [2.05, 4.69) is 10.6 Å². The predicted octanol–water partition coefficient (Wildman–Crippen LogP) is -1.08. The molecule has 0 bridgehead atoms. The summed E-state index contributed by atoms with van der Waals surface area (Å²) in [5, 5.41) is 13.4. The van der Waals surface area contributed by atoms with Crippen molar-refractivity contribution < 1.29 is 28.9 Å². The first kappa shape index (κ1) is 19.4. The number of carboxylic acid groups (broad SMARTS) is 1. The molecule has 0 saturated heterocycles. The van der Waals surface area contributed by atoms with Crippen molar-refractivity contribution in [2.45, 2.75) is 44.8 Å². The summed E-state index contributed by atoms with van der Waals surface area (Å²) >= 11 is 0. The van der Waals surface area contributed by atoms with Crippen molar-refractivity contribution in [2.75, 3.05) is 6.16 Å². The average Bonchev–Trinajstić information content (AvgIpc) is 2.36. The van der Waals surface area contributed by atoms with Gasteiger partial charge in [0.2, 0.25) is 18.0 Å². The zero-order valence-electron chi connectivity index (χ0n) is 11.9. The maximum absolute atomic E-state index is 12.0. The lowest BCUT2D eigenvalue weighted by Gasteiger charge is -2.20. The molecule has 0 saturated carbocycles. The number of nitrogens with two attached hydrogens (primary N) is 1. The Balaban J connectivity index is 4.82. The summed E-state index contributed by atoms with van der Waals surface area (Å²) in [6.45, 7) is 3.24. The van der Waals surface area contributed by atoms with E-state index in [-0.39, 0.29) is 0 Å². The standard InChI is InChI=1S/C11H20N3O6P/c1-3-4-7(13-9(15)6(2)12)10(16)14-8(11(17)18)5-21(19)20/h6-8H,3-5,12H2,1-2H3,(H3-,13,14,15,16,17,18,19,20)/p+1/t6-,7-,8?/m0/s1. The second-order valence-corrected chi connectivity index (χ2v) is 5.64. The Morgan fingerprint density at radius 1 is 1.19 bits per heavy atom. The SMILES string of the molecule is CCC[C@H](NC(=O)[C@H](C)N)C(=O)NC(C[P+](=O)O)C(=O)O. The second-order valence-electron chi connectivity index (χ2n) is 4.57. The number of carbonyl (C=O) groups excluding carboxylic acids is 2. The lowest BCUT2D eigenvalue weighted by Crippen LogP contribution is -2.54. The minimum Gasteiger partial charge on any atom is -0.480 e. The number of hydrogen-bond acceptors (Lipinski definition) is 5. The highest BCUT2D eigenvalue weighted by atomic mass is 31.1. The first-order valence-electron chi connectivity index (χ1n) is 6.41. The summed E-state index contributed by atoms with van der Waals surface area (Å²) in [4.78, 5) is 43.2. The maximum atomic E-state index is 12.0. The van der Waals surface area contributed by atoms with E-state index in [1.54, 1.807) is 6.92 Å². The van der Waals surface area contributed by atoms with Gasteiger partial charge in [0, 0.05) is 0 Å². The average molecular weight is 322 g/mol. The van der Waals surface area contributed by atoms with Gasteiger partial charge in [0.05, 0.1) is 6.04 Å². The lowest BCUT2D eigenvalue weighted by atomic mass is 10.1. The number of carbonyl (C=O) groups is 3. The van der Waals surface area contributed by atoms with Gasteiger partial charge >= 0.3 is 14.0 Å². The quantitative estimate of drug-likeness (QED) is 0.338. The van der Waals surface area contributed by atoms with E-state index in [1.807, 2.05) is 0 Å². The number of carboxylic acids is 1. The molecule has 2 amide bonds. The van der Waals surface area contributed by atoms with Crippen molar-refractivity contribution in [1.29, 1.82) is 0 Å². The van der Waals surface area contributed by atoms with E-state index in [0.29, 0.717) is 12.8 Å². The summed E-state index contributed by atoms with van der Waals surface area (Å²) in [6, 6.07) is -3.23. The van der Waals surface area contributed by atoms with Crippen molar-refractivity contribution in [3.05, 3.63) is 0 Å². The normalized spacial score (nSPS) is 15.5. The van der Waals surface area contributed by atoms with Crippen LogP contribution in [0.1, 0.15) is 26.7 Å². The summed E-state index contributed by atoms with van der Waals surface area (Å²) in [7, 11) is -2.71. The van der Waals surface area contributed by atoms with Gasteiger partial charge in [0.15, 0.2) is 6.04 Å². The monoisotopic (exact) mass is 322 g/mol. The van der Waals surface area contributed by atoms with Crippen molar-refractivity contribution in [3.63, 3.8) is 0 Å². The van der Waals surface area contributed by atoms with Gasteiger partial charge in [0.1, 0.15) is 6.04 Å². The molecule has 0 aromatic rings. The third-order valence-corrected chi connectivity index (χ3v) is 3.25. The van der Waals surface area contributed by atoms with Gasteiger partial charge in [0.25, 0.3) is 0 Å². The topological polar surface area (TPSA) is 159 Å². The molecule has 6 N–H and O–H groups in total. The molecule has 2 unspecified atom stereocenters. The first-order chi connectivity index (χ1) is 9.68. The Morgan fingerprint density at radius 3 is 2.10 bits per heavy atom. The number of hydrogen-bond donors (Lipinski definition) is 5. The fourth-order valence-corrected chi connectivity index (χ4v) is 2.03. The van der Waals surface area contributed by atoms with Crippen LogP contribution in [0.3, 0.4) is 0 Å². The molecule has 0 rings (SSSR count). The molecule has 10 heteroatoms. The Hall–Kier alpha value is -1.57. The molecule has 0 aliphatic heterocycles. The molecule has 120 valence electrons. The van der Waals surface area contributed by atoms with Crippen LogP contribution in [-0.2, 0) is 18.9 Å². The fourth-order valence-electron chi connectivity index (χ4n) is 1.47. The van der Waals surface area contributed by atoms with Crippen molar-refractivity contribution >= 4 is 25.8 Å². The van der Waals surface area contributed by atoms with Crippen LogP contribution < -0.4 is 16.4 Å². The molecule has 0 aliphatic carbocycles. The maximum Gasteiger partial charge on any atom is 0.508 e. The molecule has 21 heavy (non-hydrogen) atoms. The molecule has 0 aromatic heterocycles. The fraction of sp³-hybridized carbons (Fsp3) is 0.727. The molecule has 0 heterocycles. The van der Waals surface area contributed by atoms with Crippen LogP contribution in [0.15, 0.2) is 0 Å². The molecular formula is C11H21N3O6P+. The molecule has 9 nitrogen and oxygen atoms in total. The van der Waals surface area contributed by atoms with Crippen LogP contribution in [0, 0.1) is 0 Å². The van der Waals surface area contributed by atoms with Gasteiger partial charge in [-0.25, -0.2) is 4.79 Å². The van der Waals surface area contributed by atoms with Crippen molar-refractivity contribution in [1.82, 2.24) is 10.6 Å². The van der Waals surface area contributed by atoms with Gasteiger partial charge in [-0.05, 0) is 17.9 Å². The number of amides is 2. The van der Waals surface area contributed by atoms with Crippen LogP contribution >= 0.6 is 8.03 Å². The highest BCUT2D eigenvalue weighted by Crippen LogP contribution is 2.14. The Bertz CT molecular complexity index is 415. The van der Waals surface area contributed by atoms with Crippen LogP contribution in [0.25, 0.3) is 0 Å². The first-order valence-corrected chi connectivity index (χ1v) is 7.81. The third-order valence-electron chi connectivity index (χ3n) is 2.58. The predicted molar refractivity (Wildman–Crippen MR) is 74.7 cm³/mol. The highest BCUT2D eigenvalue weighted by molar-refractivity contribution is 7.38. The van der Waals surface area contributed by atoms with Crippen LogP contribution in [0.5, 0.6) is 0 Å². The minimum absolute atomic E-state index is 0.294. The molecule has 0 radical (unpaired) electrons. The van der Waals surface area contributed by atoms with Crippen molar-refractivity contribution in [2.24, 2.45) is 5.73 Å². The molecule has 0 fully saturated rings. The Morgan fingerprint density at radius 2 is 1.71 bits per heavy atom. The zero-order valence-corrected chi connectivity index (χ0v) is 12.8.